The lowest BCUT2D eigenvalue weighted by atomic mass is 10.2. The van der Waals surface area contributed by atoms with E-state index in [2.05, 4.69) is 11.8 Å². The largest absolute Gasteiger partial charge is 0.395 e. The number of carbonyl (C=O) groups is 1. The van der Waals surface area contributed by atoms with Gasteiger partial charge in [0.15, 0.2) is 0 Å². The van der Waals surface area contributed by atoms with Crippen molar-refractivity contribution in [2.75, 3.05) is 33.4 Å². The third-order valence-corrected chi connectivity index (χ3v) is 3.57. The number of amides is 1. The maximum atomic E-state index is 12.5. The molecular formula is C15H18N2O3S. The van der Waals surface area contributed by atoms with Crippen LogP contribution in [0.3, 0.4) is 0 Å². The molecule has 1 N–H and O–H groups in total. The average Bonchev–Trinajstić information content (AvgIpc) is 2.95. The highest BCUT2D eigenvalue weighted by Crippen LogP contribution is 2.18. The van der Waals surface area contributed by atoms with Gasteiger partial charge in [-0.25, -0.2) is 0 Å². The number of methoxy groups -OCH3 is 1. The first-order chi connectivity index (χ1) is 10.2. The van der Waals surface area contributed by atoms with Crippen molar-refractivity contribution in [1.82, 2.24) is 4.90 Å². The van der Waals surface area contributed by atoms with E-state index in [0.717, 1.165) is 0 Å². The Labute approximate surface area is 128 Å². The molecule has 1 aromatic heterocycles. The Morgan fingerprint density at radius 3 is 2.95 bits per heavy atom. The van der Waals surface area contributed by atoms with Crippen LogP contribution in [-0.4, -0.2) is 49.3 Å². The van der Waals surface area contributed by atoms with E-state index < -0.39 is 0 Å². The molecule has 0 atom stereocenters. The zero-order chi connectivity index (χ0) is 15.5. The van der Waals surface area contributed by atoms with Crippen LogP contribution in [0.25, 0.3) is 0 Å². The zero-order valence-electron chi connectivity index (χ0n) is 12.0. The van der Waals surface area contributed by atoms with Gasteiger partial charge in [0.1, 0.15) is 4.88 Å². The first-order valence-electron chi connectivity index (χ1n) is 6.57. The Morgan fingerprint density at radius 1 is 1.48 bits per heavy atom. The van der Waals surface area contributed by atoms with Crippen LogP contribution >= 0.6 is 11.3 Å². The van der Waals surface area contributed by atoms with Gasteiger partial charge in [-0.15, -0.1) is 11.3 Å². The molecule has 1 amide bonds. The predicted molar refractivity (Wildman–Crippen MR) is 80.9 cm³/mol. The van der Waals surface area contributed by atoms with E-state index in [1.165, 1.54) is 11.3 Å². The van der Waals surface area contributed by atoms with Crippen molar-refractivity contribution in [3.05, 3.63) is 21.9 Å². The van der Waals surface area contributed by atoms with Crippen molar-refractivity contribution in [3.8, 4) is 17.9 Å². The molecule has 0 aliphatic carbocycles. The van der Waals surface area contributed by atoms with Crippen molar-refractivity contribution in [3.63, 3.8) is 0 Å². The predicted octanol–water partition coefficient (Wildman–Crippen LogP) is 1.48. The van der Waals surface area contributed by atoms with Crippen molar-refractivity contribution >= 4 is 17.2 Å². The fourth-order valence-electron chi connectivity index (χ4n) is 1.63. The lowest BCUT2D eigenvalue weighted by Gasteiger charge is -2.20. The molecule has 0 aromatic carbocycles. The van der Waals surface area contributed by atoms with Crippen LogP contribution < -0.4 is 0 Å². The number of rotatable bonds is 7. The summed E-state index contributed by atoms with van der Waals surface area (Å²) in [6.07, 6.45) is 0.664. The normalized spacial score (nSPS) is 9.57. The average molecular weight is 306 g/mol. The molecule has 0 aliphatic heterocycles. The summed E-state index contributed by atoms with van der Waals surface area (Å²) in [5.41, 5.74) is 0.665. The van der Waals surface area contributed by atoms with E-state index >= 15 is 0 Å². The maximum Gasteiger partial charge on any atom is 0.265 e. The fourth-order valence-corrected chi connectivity index (χ4v) is 2.45. The highest BCUT2D eigenvalue weighted by Gasteiger charge is 2.19. The first-order valence-corrected chi connectivity index (χ1v) is 7.45. The van der Waals surface area contributed by atoms with Gasteiger partial charge >= 0.3 is 0 Å². The molecule has 0 spiro atoms. The number of hydrogen-bond acceptors (Lipinski definition) is 5. The number of nitriles is 1. The van der Waals surface area contributed by atoms with Crippen LogP contribution in [0.1, 0.15) is 28.1 Å². The molecule has 112 valence electrons. The van der Waals surface area contributed by atoms with Crippen LogP contribution in [-0.2, 0) is 4.74 Å². The smallest absolute Gasteiger partial charge is 0.265 e. The third kappa shape index (κ3) is 5.57. The van der Waals surface area contributed by atoms with E-state index in [1.807, 2.05) is 11.4 Å². The molecule has 0 bridgehead atoms. The van der Waals surface area contributed by atoms with Gasteiger partial charge in [-0.3, -0.25) is 4.79 Å². The molecule has 0 fully saturated rings. The number of hydrogen-bond donors (Lipinski definition) is 1. The Balaban J connectivity index is 2.86. The lowest BCUT2D eigenvalue weighted by Crippen LogP contribution is -2.34. The minimum absolute atomic E-state index is 0.00253. The van der Waals surface area contributed by atoms with Crippen LogP contribution in [0.2, 0.25) is 0 Å². The third-order valence-electron chi connectivity index (χ3n) is 2.67. The second-order valence-corrected chi connectivity index (χ2v) is 5.05. The van der Waals surface area contributed by atoms with Crippen molar-refractivity contribution in [2.24, 2.45) is 0 Å². The summed E-state index contributed by atoms with van der Waals surface area (Å²) in [6.45, 7) is 1.25. The summed E-state index contributed by atoms with van der Waals surface area (Å²) < 4.78 is 5.00. The molecule has 1 rings (SSSR count). The number of thiophene rings is 1. The van der Waals surface area contributed by atoms with E-state index in [4.69, 9.17) is 15.1 Å². The first kappa shape index (κ1) is 17.2. The highest BCUT2D eigenvalue weighted by atomic mass is 32.1. The molecule has 0 radical (unpaired) electrons. The van der Waals surface area contributed by atoms with Crippen LogP contribution in [0.4, 0.5) is 0 Å². The Hall–Kier alpha value is -1.86. The Bertz CT molecular complexity index is 551. The molecule has 21 heavy (non-hydrogen) atoms. The zero-order valence-corrected chi connectivity index (χ0v) is 12.8. The topological polar surface area (TPSA) is 73.6 Å². The van der Waals surface area contributed by atoms with E-state index in [0.29, 0.717) is 36.6 Å². The molecule has 0 saturated heterocycles. The molecule has 0 saturated carbocycles. The quantitative estimate of drug-likeness (QED) is 0.775. The van der Waals surface area contributed by atoms with Gasteiger partial charge < -0.3 is 14.7 Å². The van der Waals surface area contributed by atoms with Crippen LogP contribution in [0, 0.1) is 23.2 Å². The number of carbonyl (C=O) groups excluding carboxylic acids is 1. The minimum atomic E-state index is -0.134. The Morgan fingerprint density at radius 2 is 2.29 bits per heavy atom. The number of nitrogens with zero attached hydrogens (tertiary/aromatic N) is 2. The number of aliphatic hydroxyl groups is 1. The van der Waals surface area contributed by atoms with Crippen molar-refractivity contribution in [2.45, 2.75) is 12.8 Å². The SMILES string of the molecule is COCCN(CCC#N)C(=O)c1sccc1C#CCCO. The summed E-state index contributed by atoms with van der Waals surface area (Å²) >= 11 is 1.33. The molecule has 1 aromatic rings. The van der Waals surface area contributed by atoms with E-state index in [-0.39, 0.29) is 18.9 Å². The summed E-state index contributed by atoms with van der Waals surface area (Å²) in [4.78, 5) is 14.7. The molecule has 6 heteroatoms. The van der Waals surface area contributed by atoms with Gasteiger partial charge in [0.2, 0.25) is 0 Å². The second-order valence-electron chi connectivity index (χ2n) is 4.13. The van der Waals surface area contributed by atoms with Gasteiger partial charge in [-0.1, -0.05) is 11.8 Å². The fraction of sp³-hybridized carbons (Fsp3) is 0.467. The van der Waals surface area contributed by atoms with E-state index in [1.54, 1.807) is 18.1 Å². The van der Waals surface area contributed by atoms with E-state index in [9.17, 15) is 4.79 Å². The van der Waals surface area contributed by atoms with Gasteiger partial charge in [0.25, 0.3) is 5.91 Å². The molecule has 5 nitrogen and oxygen atoms in total. The van der Waals surface area contributed by atoms with Gasteiger partial charge in [-0.2, -0.15) is 5.26 Å². The van der Waals surface area contributed by atoms with Crippen LogP contribution in [0.5, 0.6) is 0 Å². The van der Waals surface area contributed by atoms with Crippen molar-refractivity contribution < 1.29 is 14.6 Å². The summed E-state index contributed by atoms with van der Waals surface area (Å²) in [5, 5.41) is 19.2. The number of ether oxygens (including phenoxy) is 1. The molecular weight excluding hydrogens is 288 g/mol. The molecule has 0 aliphatic rings. The maximum absolute atomic E-state index is 12.5. The Kier molecular flexibility index (Phi) is 8.15. The van der Waals surface area contributed by atoms with Crippen molar-refractivity contribution in [1.29, 1.82) is 5.26 Å². The van der Waals surface area contributed by atoms with Gasteiger partial charge in [-0.05, 0) is 11.4 Å². The summed E-state index contributed by atoms with van der Waals surface area (Å²) in [7, 11) is 1.57. The lowest BCUT2D eigenvalue weighted by molar-refractivity contribution is 0.0704. The molecule has 1 heterocycles. The summed E-state index contributed by atoms with van der Waals surface area (Å²) in [6, 6.07) is 3.84. The minimum Gasteiger partial charge on any atom is -0.395 e. The van der Waals surface area contributed by atoms with Crippen LogP contribution in [0.15, 0.2) is 11.4 Å². The van der Waals surface area contributed by atoms with Gasteiger partial charge in [0.05, 0.1) is 25.7 Å². The highest BCUT2D eigenvalue weighted by molar-refractivity contribution is 7.12. The molecule has 0 unspecified atom stereocenters. The second kappa shape index (κ2) is 9.95. The standard InChI is InChI=1S/C15H18N2O3S/c1-20-11-9-17(8-4-7-16)15(19)14-13(6-12-21-14)5-2-3-10-18/h6,12,18H,3-4,8-11H2,1H3. The number of aliphatic hydroxyl groups excluding tert-OH is 1. The van der Waals surface area contributed by atoms with Gasteiger partial charge in [0, 0.05) is 32.2 Å². The summed E-state index contributed by atoms with van der Waals surface area (Å²) in [5.74, 6) is 5.58. The monoisotopic (exact) mass is 306 g/mol.